The number of nitrogens with zero attached hydrogens (tertiary/aromatic N) is 1. The molecule has 0 bridgehead atoms. The number of fused-ring (bicyclic) bond motifs is 3. The highest BCUT2D eigenvalue weighted by molar-refractivity contribution is 6.30. The monoisotopic (exact) mass is 366 g/mol. The van der Waals surface area contributed by atoms with Crippen LogP contribution in [-0.2, 0) is 12.6 Å². The molecule has 2 aliphatic heterocycles. The Labute approximate surface area is 149 Å². The van der Waals surface area contributed by atoms with Crippen LogP contribution in [0.2, 0.25) is 5.02 Å². The fraction of sp³-hybridized carbons (Fsp3) is 0.368. The Morgan fingerprint density at radius 3 is 2.72 bits per heavy atom. The lowest BCUT2D eigenvalue weighted by atomic mass is 9.97. The smallest absolute Gasteiger partial charge is 0.367 e. The summed E-state index contributed by atoms with van der Waals surface area (Å²) in [6.07, 6.45) is -2.42. The number of hydrogen-bond acceptors (Lipinski definition) is 2. The highest BCUT2D eigenvalue weighted by Crippen LogP contribution is 2.42. The number of hydrogen-bond donors (Lipinski definition) is 1. The maximum Gasteiger partial charge on any atom is 0.417 e. The number of benzene rings is 2. The summed E-state index contributed by atoms with van der Waals surface area (Å²) in [5.74, 6) is 0. The van der Waals surface area contributed by atoms with Crippen LogP contribution in [-0.4, -0.2) is 25.7 Å². The molecule has 0 aromatic heterocycles. The van der Waals surface area contributed by atoms with Crippen LogP contribution in [0.15, 0.2) is 36.4 Å². The Kier molecular flexibility index (Phi) is 4.16. The normalized spacial score (nSPS) is 20.2. The van der Waals surface area contributed by atoms with Crippen molar-refractivity contribution in [2.24, 2.45) is 0 Å². The summed E-state index contributed by atoms with van der Waals surface area (Å²) in [7, 11) is 0. The van der Waals surface area contributed by atoms with Gasteiger partial charge in [-0.1, -0.05) is 29.8 Å². The van der Waals surface area contributed by atoms with Gasteiger partial charge in [-0.05, 0) is 54.3 Å². The lowest BCUT2D eigenvalue weighted by Crippen LogP contribution is -2.32. The molecule has 1 N–H and O–H groups in total. The first-order chi connectivity index (χ1) is 11.9. The van der Waals surface area contributed by atoms with E-state index in [9.17, 15) is 13.2 Å². The van der Waals surface area contributed by atoms with E-state index >= 15 is 0 Å². The molecule has 0 spiro atoms. The second-order valence-corrected chi connectivity index (χ2v) is 7.06. The van der Waals surface area contributed by atoms with Crippen molar-refractivity contribution in [1.29, 1.82) is 0 Å². The Balaban J connectivity index is 1.78. The molecule has 2 aromatic rings. The fourth-order valence-electron chi connectivity index (χ4n) is 3.89. The Morgan fingerprint density at radius 2 is 1.92 bits per heavy atom. The topological polar surface area (TPSA) is 15.3 Å². The van der Waals surface area contributed by atoms with Crippen LogP contribution in [0.4, 0.5) is 18.9 Å². The SMILES string of the molecule is FC(F)(F)c1cc(Cl)ccc1-c1ccc2c(c1)N1CCNCCC1C2. The minimum Gasteiger partial charge on any atom is -0.367 e. The number of rotatable bonds is 1. The van der Waals surface area contributed by atoms with E-state index in [-0.39, 0.29) is 10.6 Å². The van der Waals surface area contributed by atoms with Gasteiger partial charge in [0.15, 0.2) is 0 Å². The van der Waals surface area contributed by atoms with Gasteiger partial charge in [0.1, 0.15) is 0 Å². The molecule has 1 atom stereocenters. The number of alkyl halides is 3. The molecule has 2 aromatic carbocycles. The molecular formula is C19H18ClF3N2. The minimum absolute atomic E-state index is 0.0934. The highest BCUT2D eigenvalue weighted by atomic mass is 35.5. The van der Waals surface area contributed by atoms with Gasteiger partial charge >= 0.3 is 6.18 Å². The third-order valence-electron chi connectivity index (χ3n) is 5.07. The zero-order valence-electron chi connectivity index (χ0n) is 13.5. The summed E-state index contributed by atoms with van der Waals surface area (Å²) >= 11 is 5.80. The van der Waals surface area contributed by atoms with Crippen molar-refractivity contribution in [3.8, 4) is 11.1 Å². The van der Waals surface area contributed by atoms with Crippen LogP contribution in [0.25, 0.3) is 11.1 Å². The lowest BCUT2D eigenvalue weighted by Gasteiger charge is -2.25. The van der Waals surface area contributed by atoms with Crippen LogP contribution in [0.5, 0.6) is 0 Å². The van der Waals surface area contributed by atoms with Gasteiger partial charge in [-0.3, -0.25) is 0 Å². The summed E-state index contributed by atoms with van der Waals surface area (Å²) in [5, 5.41) is 3.48. The molecule has 2 nitrogen and oxygen atoms in total. The first-order valence-corrected chi connectivity index (χ1v) is 8.79. The van der Waals surface area contributed by atoms with Crippen LogP contribution >= 0.6 is 11.6 Å². The van der Waals surface area contributed by atoms with E-state index in [1.165, 1.54) is 17.7 Å². The van der Waals surface area contributed by atoms with Gasteiger partial charge in [-0.15, -0.1) is 0 Å². The van der Waals surface area contributed by atoms with E-state index < -0.39 is 11.7 Å². The maximum atomic E-state index is 13.4. The molecule has 0 amide bonds. The zero-order chi connectivity index (χ0) is 17.6. The van der Waals surface area contributed by atoms with Crippen LogP contribution in [0.1, 0.15) is 17.5 Å². The van der Waals surface area contributed by atoms with E-state index in [4.69, 9.17) is 11.6 Å². The summed E-state index contributed by atoms with van der Waals surface area (Å²) in [6, 6.07) is 10.1. The van der Waals surface area contributed by atoms with Gasteiger partial charge in [-0.25, -0.2) is 0 Å². The summed E-state index contributed by atoms with van der Waals surface area (Å²) in [5.41, 5.74) is 2.36. The van der Waals surface area contributed by atoms with E-state index in [0.717, 1.165) is 44.2 Å². The Hall–Kier alpha value is -1.72. The molecule has 2 aliphatic rings. The van der Waals surface area contributed by atoms with Crippen LogP contribution in [0, 0.1) is 0 Å². The molecule has 1 fully saturated rings. The van der Waals surface area contributed by atoms with E-state index in [2.05, 4.69) is 10.2 Å². The van der Waals surface area contributed by atoms with Crippen molar-refractivity contribution < 1.29 is 13.2 Å². The van der Waals surface area contributed by atoms with E-state index in [0.29, 0.717) is 11.6 Å². The maximum absolute atomic E-state index is 13.4. The minimum atomic E-state index is -4.44. The van der Waals surface area contributed by atoms with Crippen molar-refractivity contribution in [1.82, 2.24) is 5.32 Å². The summed E-state index contributed by atoms with van der Waals surface area (Å²) in [6.45, 7) is 2.76. The third kappa shape index (κ3) is 3.11. The largest absolute Gasteiger partial charge is 0.417 e. The van der Waals surface area contributed by atoms with Crippen molar-refractivity contribution in [3.05, 3.63) is 52.5 Å². The van der Waals surface area contributed by atoms with Gasteiger partial charge in [0.05, 0.1) is 5.56 Å². The molecular weight excluding hydrogens is 349 g/mol. The van der Waals surface area contributed by atoms with Gasteiger partial charge in [0.25, 0.3) is 0 Å². The first-order valence-electron chi connectivity index (χ1n) is 8.41. The van der Waals surface area contributed by atoms with Crippen molar-refractivity contribution in [2.45, 2.75) is 25.1 Å². The van der Waals surface area contributed by atoms with E-state index in [1.54, 1.807) is 6.07 Å². The zero-order valence-corrected chi connectivity index (χ0v) is 14.3. The molecule has 1 saturated heterocycles. The molecule has 4 rings (SSSR count). The average molecular weight is 367 g/mol. The number of anilines is 1. The average Bonchev–Trinajstić information content (AvgIpc) is 2.74. The standard InChI is InChI=1S/C19H18ClF3N2/c20-14-3-4-16(17(11-14)19(21,22)23)12-1-2-13-9-15-5-6-24-7-8-25(15)18(13)10-12/h1-4,10-11,15,24H,5-9H2. The molecule has 0 aliphatic carbocycles. The van der Waals surface area contributed by atoms with Crippen molar-refractivity contribution in [2.75, 3.05) is 24.5 Å². The molecule has 6 heteroatoms. The quantitative estimate of drug-likeness (QED) is 0.783. The van der Waals surface area contributed by atoms with Gasteiger partial charge in [0, 0.05) is 29.8 Å². The molecule has 2 heterocycles. The van der Waals surface area contributed by atoms with E-state index in [1.807, 2.05) is 12.1 Å². The first kappa shape index (κ1) is 16.7. The predicted octanol–water partition coefficient (Wildman–Crippen LogP) is 4.75. The molecule has 25 heavy (non-hydrogen) atoms. The molecule has 1 unspecified atom stereocenters. The second kappa shape index (κ2) is 6.22. The van der Waals surface area contributed by atoms with Crippen molar-refractivity contribution >= 4 is 17.3 Å². The molecule has 0 saturated carbocycles. The molecule has 0 radical (unpaired) electrons. The number of nitrogens with one attached hydrogen (secondary N) is 1. The Bertz CT molecular complexity index is 804. The van der Waals surface area contributed by atoms with Gasteiger partial charge in [-0.2, -0.15) is 13.2 Å². The van der Waals surface area contributed by atoms with Gasteiger partial charge in [0.2, 0.25) is 0 Å². The predicted molar refractivity (Wildman–Crippen MR) is 94.2 cm³/mol. The third-order valence-corrected chi connectivity index (χ3v) is 5.31. The number of halogens is 4. The van der Waals surface area contributed by atoms with Gasteiger partial charge < -0.3 is 10.2 Å². The van der Waals surface area contributed by atoms with Crippen LogP contribution in [0.3, 0.4) is 0 Å². The van der Waals surface area contributed by atoms with Crippen molar-refractivity contribution in [3.63, 3.8) is 0 Å². The summed E-state index contributed by atoms with van der Waals surface area (Å²) < 4.78 is 40.3. The lowest BCUT2D eigenvalue weighted by molar-refractivity contribution is -0.137. The highest BCUT2D eigenvalue weighted by Gasteiger charge is 2.35. The fourth-order valence-corrected chi connectivity index (χ4v) is 4.06. The summed E-state index contributed by atoms with van der Waals surface area (Å²) in [4.78, 5) is 2.34. The Morgan fingerprint density at radius 1 is 1.08 bits per heavy atom. The molecule has 132 valence electrons. The second-order valence-electron chi connectivity index (χ2n) is 6.62. The van der Waals surface area contributed by atoms with Crippen LogP contribution < -0.4 is 10.2 Å².